The molecule has 12 unspecified atom stereocenters. The lowest BCUT2D eigenvalue weighted by Gasteiger charge is -2.46. The first-order chi connectivity index (χ1) is 31.6. The summed E-state index contributed by atoms with van der Waals surface area (Å²) in [6, 6.07) is -0.920. The second kappa shape index (κ2) is 38.1. The molecule has 2 fully saturated rings. The van der Waals surface area contributed by atoms with E-state index < -0.39 is 86.8 Å². The molecule has 14 nitrogen and oxygen atoms in total. The zero-order valence-electron chi connectivity index (χ0n) is 40.2. The second-order valence-corrected chi connectivity index (χ2v) is 18.3. The molecule has 0 bridgehead atoms. The first-order valence-corrected chi connectivity index (χ1v) is 25.7. The molecule has 2 saturated heterocycles. The van der Waals surface area contributed by atoms with Crippen LogP contribution in [0.2, 0.25) is 0 Å². The Kier molecular flexibility index (Phi) is 34.8. The lowest BCUT2D eigenvalue weighted by molar-refractivity contribution is -0.359. The normalized spacial score (nSPS) is 27.3. The average molecular weight is 928 g/mol. The molecule has 0 spiro atoms. The van der Waals surface area contributed by atoms with Crippen molar-refractivity contribution < 1.29 is 64.6 Å². The minimum atomic E-state index is -1.79. The highest BCUT2D eigenvalue weighted by Gasteiger charge is 2.51. The van der Waals surface area contributed by atoms with E-state index in [0.29, 0.717) is 6.42 Å². The molecule has 0 aliphatic carbocycles. The maximum absolute atomic E-state index is 13.2. The molecular formula is C51H93NO13. The molecule has 12 atom stereocenters. The van der Waals surface area contributed by atoms with E-state index in [1.165, 1.54) is 96.3 Å². The molecular weight excluding hydrogens is 835 g/mol. The Balaban J connectivity index is 1.86. The van der Waals surface area contributed by atoms with Crippen LogP contribution in [0.1, 0.15) is 187 Å². The van der Waals surface area contributed by atoms with Gasteiger partial charge in [-0.3, -0.25) is 4.79 Å². The van der Waals surface area contributed by atoms with Crippen molar-refractivity contribution in [1.29, 1.82) is 0 Å². The summed E-state index contributed by atoms with van der Waals surface area (Å²) in [7, 11) is 0. The number of hydrogen-bond donors (Lipinski definition) is 9. The van der Waals surface area contributed by atoms with Gasteiger partial charge in [0.1, 0.15) is 48.8 Å². The predicted octanol–water partition coefficient (Wildman–Crippen LogP) is 6.71. The van der Waals surface area contributed by atoms with Crippen LogP contribution in [0.3, 0.4) is 0 Å². The molecule has 380 valence electrons. The zero-order valence-corrected chi connectivity index (χ0v) is 40.2. The molecule has 14 heteroatoms. The Bertz CT molecular complexity index is 1230. The van der Waals surface area contributed by atoms with Gasteiger partial charge in [0, 0.05) is 6.42 Å². The van der Waals surface area contributed by atoms with Gasteiger partial charge in [0.05, 0.1) is 32.0 Å². The molecule has 0 saturated carbocycles. The van der Waals surface area contributed by atoms with Crippen LogP contribution in [0.4, 0.5) is 0 Å². The van der Waals surface area contributed by atoms with E-state index in [9.17, 15) is 45.6 Å². The van der Waals surface area contributed by atoms with Crippen molar-refractivity contribution in [2.75, 3.05) is 19.8 Å². The van der Waals surface area contributed by atoms with Crippen LogP contribution in [0.15, 0.2) is 36.5 Å². The summed E-state index contributed by atoms with van der Waals surface area (Å²) in [6.45, 7) is 2.74. The number of carbonyl (C=O) groups excluding carboxylic acids is 1. The number of aliphatic hydroxyl groups is 8. The molecule has 2 aliphatic rings. The van der Waals surface area contributed by atoms with Crippen molar-refractivity contribution in [3.05, 3.63) is 36.5 Å². The second-order valence-electron chi connectivity index (χ2n) is 18.3. The molecule has 0 aromatic heterocycles. The maximum atomic E-state index is 13.2. The lowest BCUT2D eigenvalue weighted by atomic mass is 9.97. The third-order valence-corrected chi connectivity index (χ3v) is 12.6. The van der Waals surface area contributed by atoms with Gasteiger partial charge in [0.15, 0.2) is 12.6 Å². The van der Waals surface area contributed by atoms with Gasteiger partial charge in [-0.15, -0.1) is 0 Å². The number of aliphatic hydroxyl groups excluding tert-OH is 8. The minimum absolute atomic E-state index is 0.255. The molecule has 2 heterocycles. The van der Waals surface area contributed by atoms with E-state index >= 15 is 0 Å². The summed E-state index contributed by atoms with van der Waals surface area (Å²) in [5.74, 6) is -0.255. The summed E-state index contributed by atoms with van der Waals surface area (Å²) >= 11 is 0. The molecule has 2 rings (SSSR count). The topological polar surface area (TPSA) is 228 Å². The fraction of sp³-hybridized carbons (Fsp3) is 0.863. The standard InChI is InChI=1S/C51H93NO13/c1-3-5-7-9-11-13-15-17-19-21-22-24-26-28-30-32-34-40(55)39(52-43(56)35-33-31-29-27-25-23-20-18-16-14-12-10-8-6-4-2)38-62-50-48(61)46(59)49(42(37-54)64-50)65-51-47(60)45(58)44(57)41(36-53)63-51/h12,14,18,20,32,34,39-42,44-51,53-55,57-61H,3-11,13,15-17,19,21-31,33,35-38H2,1-2H3,(H,52,56)/b14-12-,20-18-,34-32+. The van der Waals surface area contributed by atoms with Crippen molar-refractivity contribution in [2.45, 2.75) is 261 Å². The van der Waals surface area contributed by atoms with Gasteiger partial charge in [-0.05, 0) is 51.4 Å². The fourth-order valence-electron chi connectivity index (χ4n) is 8.32. The Morgan fingerprint density at radius 2 is 1.02 bits per heavy atom. The fourth-order valence-corrected chi connectivity index (χ4v) is 8.32. The minimum Gasteiger partial charge on any atom is -0.394 e. The zero-order chi connectivity index (χ0) is 47.5. The molecule has 1 amide bonds. The Morgan fingerprint density at radius 3 is 1.57 bits per heavy atom. The van der Waals surface area contributed by atoms with Gasteiger partial charge >= 0.3 is 0 Å². The third-order valence-electron chi connectivity index (χ3n) is 12.6. The number of rotatable bonds is 39. The predicted molar refractivity (Wildman–Crippen MR) is 254 cm³/mol. The molecule has 0 radical (unpaired) electrons. The highest BCUT2D eigenvalue weighted by Crippen LogP contribution is 2.30. The van der Waals surface area contributed by atoms with Crippen molar-refractivity contribution >= 4 is 5.91 Å². The molecule has 0 aromatic rings. The van der Waals surface area contributed by atoms with Crippen molar-refractivity contribution in [2.24, 2.45) is 0 Å². The van der Waals surface area contributed by atoms with Crippen LogP contribution in [0.25, 0.3) is 0 Å². The molecule has 9 N–H and O–H groups in total. The summed E-state index contributed by atoms with van der Waals surface area (Å²) in [5, 5.41) is 86.7. The highest BCUT2D eigenvalue weighted by atomic mass is 16.7. The number of carbonyl (C=O) groups is 1. The van der Waals surface area contributed by atoms with E-state index in [2.05, 4.69) is 43.5 Å². The van der Waals surface area contributed by atoms with Gasteiger partial charge in [0.2, 0.25) is 5.91 Å². The smallest absolute Gasteiger partial charge is 0.220 e. The summed E-state index contributed by atoms with van der Waals surface area (Å²) in [6.07, 6.45) is 26.0. The van der Waals surface area contributed by atoms with Crippen molar-refractivity contribution in [3.63, 3.8) is 0 Å². The first kappa shape index (κ1) is 59.3. The highest BCUT2D eigenvalue weighted by molar-refractivity contribution is 5.76. The third kappa shape index (κ3) is 25.4. The number of ether oxygens (including phenoxy) is 4. The van der Waals surface area contributed by atoms with Crippen molar-refractivity contribution in [1.82, 2.24) is 5.32 Å². The molecule has 0 aromatic carbocycles. The van der Waals surface area contributed by atoms with Gasteiger partial charge in [-0.1, -0.05) is 166 Å². The van der Waals surface area contributed by atoms with E-state index in [-0.39, 0.29) is 18.9 Å². The number of hydrogen-bond acceptors (Lipinski definition) is 13. The molecule has 65 heavy (non-hydrogen) atoms. The maximum Gasteiger partial charge on any atom is 0.220 e. The van der Waals surface area contributed by atoms with Crippen LogP contribution >= 0.6 is 0 Å². The quantitative estimate of drug-likeness (QED) is 0.0231. The van der Waals surface area contributed by atoms with Gasteiger partial charge in [-0.25, -0.2) is 0 Å². The Labute approximate surface area is 391 Å². The van der Waals surface area contributed by atoms with Crippen LogP contribution in [0.5, 0.6) is 0 Å². The van der Waals surface area contributed by atoms with Crippen molar-refractivity contribution in [3.8, 4) is 0 Å². The van der Waals surface area contributed by atoms with E-state index in [1.54, 1.807) is 6.08 Å². The monoisotopic (exact) mass is 928 g/mol. The summed E-state index contributed by atoms with van der Waals surface area (Å²) in [4.78, 5) is 13.2. The van der Waals surface area contributed by atoms with E-state index in [4.69, 9.17) is 18.9 Å². The number of allylic oxidation sites excluding steroid dienone is 5. The van der Waals surface area contributed by atoms with Crippen LogP contribution in [0, 0.1) is 0 Å². The molecule has 2 aliphatic heterocycles. The van der Waals surface area contributed by atoms with Crippen LogP contribution in [-0.2, 0) is 23.7 Å². The van der Waals surface area contributed by atoms with Crippen LogP contribution < -0.4 is 5.32 Å². The van der Waals surface area contributed by atoms with E-state index in [0.717, 1.165) is 64.2 Å². The summed E-state index contributed by atoms with van der Waals surface area (Å²) in [5.41, 5.74) is 0. The SMILES string of the molecule is CCCCC/C=C\C/C=C\CCCCCCCC(=O)NC(COC1OC(CO)C(OC2OC(CO)C(O)C(O)C2O)C(O)C1O)C(O)/C=C/CCCCCCCCCCCCCCCC. The van der Waals surface area contributed by atoms with Gasteiger partial charge in [0.25, 0.3) is 0 Å². The van der Waals surface area contributed by atoms with Crippen LogP contribution in [-0.4, -0.2) is 140 Å². The lowest BCUT2D eigenvalue weighted by Crippen LogP contribution is -2.65. The number of unbranched alkanes of at least 4 members (excludes halogenated alkanes) is 22. The number of amides is 1. The van der Waals surface area contributed by atoms with E-state index in [1.807, 2.05) is 6.08 Å². The van der Waals surface area contributed by atoms with Gasteiger partial charge in [-0.2, -0.15) is 0 Å². The number of nitrogens with one attached hydrogen (secondary N) is 1. The Morgan fingerprint density at radius 1 is 0.554 bits per heavy atom. The summed E-state index contributed by atoms with van der Waals surface area (Å²) < 4.78 is 22.7. The van der Waals surface area contributed by atoms with Gasteiger partial charge < -0.3 is 65.1 Å². The largest absolute Gasteiger partial charge is 0.394 e. The Hall–Kier alpha value is -1.79. The average Bonchev–Trinajstić information content (AvgIpc) is 3.30. The first-order valence-electron chi connectivity index (χ1n) is 25.7.